The molecule has 4 nitrogen and oxygen atoms in total. The lowest BCUT2D eigenvalue weighted by molar-refractivity contribution is -0.121. The van der Waals surface area contributed by atoms with E-state index in [0.717, 1.165) is 29.9 Å². The summed E-state index contributed by atoms with van der Waals surface area (Å²) < 4.78 is 6.48. The SMILES string of the molecule is O=C(CCOc1cccc(Br)c1)NCC1CNC1. The van der Waals surface area contributed by atoms with E-state index in [1.54, 1.807) is 0 Å². The third-order valence-corrected chi connectivity index (χ3v) is 3.34. The lowest BCUT2D eigenvalue weighted by Gasteiger charge is -2.27. The van der Waals surface area contributed by atoms with Gasteiger partial charge in [-0.2, -0.15) is 0 Å². The van der Waals surface area contributed by atoms with Crippen LogP contribution in [0.25, 0.3) is 0 Å². The Morgan fingerprint density at radius 2 is 2.33 bits per heavy atom. The van der Waals surface area contributed by atoms with Gasteiger partial charge in [-0.25, -0.2) is 0 Å². The van der Waals surface area contributed by atoms with E-state index in [1.807, 2.05) is 24.3 Å². The molecule has 0 saturated carbocycles. The largest absolute Gasteiger partial charge is 0.493 e. The number of carbonyl (C=O) groups is 1. The molecule has 0 radical (unpaired) electrons. The molecular weight excluding hydrogens is 296 g/mol. The highest BCUT2D eigenvalue weighted by Gasteiger charge is 2.16. The molecule has 1 aliphatic heterocycles. The topological polar surface area (TPSA) is 50.4 Å². The van der Waals surface area contributed by atoms with Crippen molar-refractivity contribution in [3.63, 3.8) is 0 Å². The van der Waals surface area contributed by atoms with E-state index >= 15 is 0 Å². The minimum atomic E-state index is 0.0527. The molecular formula is C13H17BrN2O2. The summed E-state index contributed by atoms with van der Waals surface area (Å²) in [5.41, 5.74) is 0. The fraction of sp³-hybridized carbons (Fsp3) is 0.462. The van der Waals surface area contributed by atoms with Crippen LogP contribution in [-0.4, -0.2) is 32.1 Å². The van der Waals surface area contributed by atoms with Crippen molar-refractivity contribution in [2.24, 2.45) is 5.92 Å². The molecule has 1 aliphatic rings. The Morgan fingerprint density at radius 1 is 1.50 bits per heavy atom. The van der Waals surface area contributed by atoms with Crippen LogP contribution in [0.1, 0.15) is 6.42 Å². The highest BCUT2D eigenvalue weighted by molar-refractivity contribution is 9.10. The van der Waals surface area contributed by atoms with Gasteiger partial charge in [0.05, 0.1) is 13.0 Å². The molecule has 1 amide bonds. The van der Waals surface area contributed by atoms with E-state index < -0.39 is 0 Å². The number of amides is 1. The maximum atomic E-state index is 11.5. The molecule has 0 unspecified atom stereocenters. The zero-order valence-corrected chi connectivity index (χ0v) is 11.7. The molecule has 0 atom stereocenters. The van der Waals surface area contributed by atoms with Gasteiger partial charge in [-0.1, -0.05) is 22.0 Å². The van der Waals surface area contributed by atoms with Gasteiger partial charge < -0.3 is 15.4 Å². The average molecular weight is 313 g/mol. The molecule has 5 heteroatoms. The molecule has 2 rings (SSSR count). The number of halogens is 1. The molecule has 18 heavy (non-hydrogen) atoms. The van der Waals surface area contributed by atoms with Crippen molar-refractivity contribution in [1.82, 2.24) is 10.6 Å². The Bertz CT molecular complexity index is 408. The van der Waals surface area contributed by atoms with Crippen molar-refractivity contribution in [3.05, 3.63) is 28.7 Å². The maximum absolute atomic E-state index is 11.5. The van der Waals surface area contributed by atoms with Crippen LogP contribution >= 0.6 is 15.9 Å². The quantitative estimate of drug-likeness (QED) is 0.838. The summed E-state index contributed by atoms with van der Waals surface area (Å²) in [7, 11) is 0. The monoisotopic (exact) mass is 312 g/mol. The van der Waals surface area contributed by atoms with E-state index in [2.05, 4.69) is 26.6 Å². The minimum absolute atomic E-state index is 0.0527. The normalized spacial score (nSPS) is 14.9. The molecule has 1 fully saturated rings. The highest BCUT2D eigenvalue weighted by Crippen LogP contribution is 2.17. The number of hydrogen-bond donors (Lipinski definition) is 2. The van der Waals surface area contributed by atoms with Gasteiger partial charge in [-0.15, -0.1) is 0 Å². The molecule has 0 aliphatic carbocycles. The molecule has 1 heterocycles. The number of ether oxygens (including phenoxy) is 1. The van der Waals surface area contributed by atoms with Gasteiger partial charge in [0, 0.05) is 30.0 Å². The Labute approximate surface area is 115 Å². The van der Waals surface area contributed by atoms with Crippen LogP contribution in [-0.2, 0) is 4.79 Å². The van der Waals surface area contributed by atoms with Crippen molar-refractivity contribution in [2.75, 3.05) is 26.2 Å². The van der Waals surface area contributed by atoms with Gasteiger partial charge in [0.2, 0.25) is 5.91 Å². The first kappa shape index (κ1) is 13.4. The fourth-order valence-corrected chi connectivity index (χ4v) is 2.04. The molecule has 98 valence electrons. The number of carbonyl (C=O) groups excluding carboxylic acids is 1. The summed E-state index contributed by atoms with van der Waals surface area (Å²) in [6.07, 6.45) is 0.395. The third-order valence-electron chi connectivity index (χ3n) is 2.85. The van der Waals surface area contributed by atoms with Crippen LogP contribution in [0.3, 0.4) is 0 Å². The summed E-state index contributed by atoms with van der Waals surface area (Å²) in [5.74, 6) is 1.43. The number of nitrogens with one attached hydrogen (secondary N) is 2. The molecule has 1 saturated heterocycles. The summed E-state index contributed by atoms with van der Waals surface area (Å²) in [5, 5.41) is 6.09. The van der Waals surface area contributed by atoms with E-state index in [1.165, 1.54) is 0 Å². The first-order chi connectivity index (χ1) is 8.74. The standard InChI is InChI=1S/C13H17BrN2O2/c14-11-2-1-3-12(6-11)18-5-4-13(17)16-9-10-7-15-8-10/h1-3,6,10,15H,4-5,7-9H2,(H,16,17). The second-order valence-electron chi connectivity index (χ2n) is 4.38. The van der Waals surface area contributed by atoms with E-state index in [-0.39, 0.29) is 5.91 Å². The first-order valence-electron chi connectivity index (χ1n) is 6.10. The van der Waals surface area contributed by atoms with Crippen LogP contribution in [0.4, 0.5) is 0 Å². The Morgan fingerprint density at radius 3 is 3.00 bits per heavy atom. The van der Waals surface area contributed by atoms with Crippen molar-refractivity contribution < 1.29 is 9.53 Å². The van der Waals surface area contributed by atoms with Crippen LogP contribution < -0.4 is 15.4 Å². The molecule has 1 aromatic rings. The Kier molecular flexibility index (Phi) is 5.01. The van der Waals surface area contributed by atoms with Crippen molar-refractivity contribution >= 4 is 21.8 Å². The van der Waals surface area contributed by atoms with Gasteiger partial charge in [0.15, 0.2) is 0 Å². The van der Waals surface area contributed by atoms with Gasteiger partial charge in [-0.05, 0) is 18.2 Å². The van der Waals surface area contributed by atoms with Crippen LogP contribution in [0.2, 0.25) is 0 Å². The number of benzene rings is 1. The zero-order valence-electron chi connectivity index (χ0n) is 10.1. The lowest BCUT2D eigenvalue weighted by atomic mass is 10.0. The van der Waals surface area contributed by atoms with Crippen LogP contribution in [0.5, 0.6) is 5.75 Å². The summed E-state index contributed by atoms with van der Waals surface area (Å²) >= 11 is 3.37. The summed E-state index contributed by atoms with van der Waals surface area (Å²) in [6.45, 7) is 3.19. The molecule has 2 N–H and O–H groups in total. The van der Waals surface area contributed by atoms with Gasteiger partial charge in [0.25, 0.3) is 0 Å². The lowest BCUT2D eigenvalue weighted by Crippen LogP contribution is -2.48. The third kappa shape index (κ3) is 4.31. The number of hydrogen-bond acceptors (Lipinski definition) is 3. The van der Waals surface area contributed by atoms with E-state index in [0.29, 0.717) is 18.9 Å². The number of rotatable bonds is 6. The van der Waals surface area contributed by atoms with E-state index in [4.69, 9.17) is 4.74 Å². The van der Waals surface area contributed by atoms with Gasteiger partial charge >= 0.3 is 0 Å². The smallest absolute Gasteiger partial charge is 0.223 e. The molecule has 1 aromatic carbocycles. The summed E-state index contributed by atoms with van der Waals surface area (Å²) in [6, 6.07) is 7.61. The zero-order chi connectivity index (χ0) is 12.8. The van der Waals surface area contributed by atoms with Crippen molar-refractivity contribution in [1.29, 1.82) is 0 Å². The Balaban J connectivity index is 1.60. The molecule has 0 bridgehead atoms. The van der Waals surface area contributed by atoms with E-state index in [9.17, 15) is 4.79 Å². The molecule has 0 spiro atoms. The van der Waals surface area contributed by atoms with Crippen molar-refractivity contribution in [3.8, 4) is 5.75 Å². The van der Waals surface area contributed by atoms with Gasteiger partial charge in [-0.3, -0.25) is 4.79 Å². The fourth-order valence-electron chi connectivity index (χ4n) is 1.66. The van der Waals surface area contributed by atoms with Crippen molar-refractivity contribution in [2.45, 2.75) is 6.42 Å². The van der Waals surface area contributed by atoms with Crippen LogP contribution in [0, 0.1) is 5.92 Å². The predicted molar refractivity (Wildman–Crippen MR) is 73.6 cm³/mol. The minimum Gasteiger partial charge on any atom is -0.493 e. The molecule has 0 aromatic heterocycles. The Hall–Kier alpha value is -1.07. The average Bonchev–Trinajstić information content (AvgIpc) is 2.27. The van der Waals surface area contributed by atoms with Crippen LogP contribution in [0.15, 0.2) is 28.7 Å². The summed E-state index contributed by atoms with van der Waals surface area (Å²) in [4.78, 5) is 11.5. The second kappa shape index (κ2) is 6.75. The highest BCUT2D eigenvalue weighted by atomic mass is 79.9. The maximum Gasteiger partial charge on any atom is 0.223 e. The second-order valence-corrected chi connectivity index (χ2v) is 5.30. The first-order valence-corrected chi connectivity index (χ1v) is 6.89. The van der Waals surface area contributed by atoms with Gasteiger partial charge in [0.1, 0.15) is 5.75 Å². The predicted octanol–water partition coefficient (Wildman–Crippen LogP) is 1.55.